The van der Waals surface area contributed by atoms with E-state index in [-0.39, 0.29) is 5.43 Å². The standard InChI is InChI=1S/C19H13ClO3S/c20-13-5-7-14(8-6-13)22-11-12-9-10-24-19-17(12)18(21)15-3-1-2-4-16(15)23-19/h1-8,11H,9-10H2/b12-11-. The lowest BCUT2D eigenvalue weighted by molar-refractivity contribution is 0.475. The molecule has 3 aromatic rings. The molecule has 0 radical (unpaired) electrons. The lowest BCUT2D eigenvalue weighted by Gasteiger charge is -2.17. The predicted molar refractivity (Wildman–Crippen MR) is 97.9 cm³/mol. The maximum atomic E-state index is 12.9. The van der Waals surface area contributed by atoms with Crippen molar-refractivity contribution < 1.29 is 9.15 Å². The number of ether oxygens (including phenoxy) is 1. The van der Waals surface area contributed by atoms with Crippen molar-refractivity contribution in [1.29, 1.82) is 0 Å². The van der Waals surface area contributed by atoms with Gasteiger partial charge in [0.15, 0.2) is 5.09 Å². The highest BCUT2D eigenvalue weighted by molar-refractivity contribution is 7.99. The summed E-state index contributed by atoms with van der Waals surface area (Å²) in [6.07, 6.45) is 2.40. The highest BCUT2D eigenvalue weighted by Gasteiger charge is 2.22. The van der Waals surface area contributed by atoms with Crippen LogP contribution < -0.4 is 10.2 Å². The molecular formula is C19H13ClO3S. The van der Waals surface area contributed by atoms with Crippen LogP contribution in [-0.4, -0.2) is 5.75 Å². The Morgan fingerprint density at radius 3 is 2.75 bits per heavy atom. The molecule has 0 saturated heterocycles. The molecule has 4 rings (SSSR count). The van der Waals surface area contributed by atoms with Crippen molar-refractivity contribution in [3.63, 3.8) is 0 Å². The molecule has 0 unspecified atom stereocenters. The quantitative estimate of drug-likeness (QED) is 0.579. The SMILES string of the molecule is O=c1c2c(oc3ccccc13)SCC/C2=C/Oc1ccc(Cl)cc1. The summed E-state index contributed by atoms with van der Waals surface area (Å²) in [5.41, 5.74) is 2.08. The number of rotatable bonds is 2. The fourth-order valence-electron chi connectivity index (χ4n) is 2.65. The normalized spacial score (nSPS) is 15.5. The van der Waals surface area contributed by atoms with Crippen molar-refractivity contribution in [2.75, 3.05) is 5.75 Å². The monoisotopic (exact) mass is 356 g/mol. The average molecular weight is 357 g/mol. The largest absolute Gasteiger partial charge is 0.465 e. The molecule has 1 aliphatic rings. The molecule has 24 heavy (non-hydrogen) atoms. The van der Waals surface area contributed by atoms with E-state index in [1.165, 1.54) is 0 Å². The Morgan fingerprint density at radius 2 is 1.92 bits per heavy atom. The Kier molecular flexibility index (Phi) is 4.08. The van der Waals surface area contributed by atoms with Gasteiger partial charge in [-0.25, -0.2) is 0 Å². The minimum atomic E-state index is -0.00925. The maximum absolute atomic E-state index is 12.9. The van der Waals surface area contributed by atoms with Gasteiger partial charge in [-0.3, -0.25) is 4.79 Å². The lowest BCUT2D eigenvalue weighted by atomic mass is 10.0. The molecule has 0 amide bonds. The molecule has 2 aromatic carbocycles. The van der Waals surface area contributed by atoms with Gasteiger partial charge < -0.3 is 9.15 Å². The Hall–Kier alpha value is -2.17. The van der Waals surface area contributed by atoms with Crippen LogP contribution in [-0.2, 0) is 0 Å². The third kappa shape index (κ3) is 2.83. The third-order valence-corrected chi connectivity index (χ3v) is 5.05. The number of hydrogen-bond donors (Lipinski definition) is 0. The van der Waals surface area contributed by atoms with Gasteiger partial charge >= 0.3 is 0 Å². The van der Waals surface area contributed by atoms with Crippen LogP contribution in [0.5, 0.6) is 5.75 Å². The summed E-state index contributed by atoms with van der Waals surface area (Å²) in [6.45, 7) is 0. The van der Waals surface area contributed by atoms with Crippen molar-refractivity contribution in [3.05, 3.63) is 75.6 Å². The Balaban J connectivity index is 1.77. The van der Waals surface area contributed by atoms with Crippen LogP contribution in [0.4, 0.5) is 0 Å². The summed E-state index contributed by atoms with van der Waals surface area (Å²) in [6, 6.07) is 14.4. The first-order chi connectivity index (χ1) is 11.7. The molecular weight excluding hydrogens is 344 g/mol. The molecule has 0 atom stereocenters. The summed E-state index contributed by atoms with van der Waals surface area (Å²) < 4.78 is 11.6. The van der Waals surface area contributed by atoms with Gasteiger partial charge in [-0.1, -0.05) is 35.5 Å². The van der Waals surface area contributed by atoms with E-state index in [9.17, 15) is 4.79 Å². The third-order valence-electron chi connectivity index (χ3n) is 3.84. The fraction of sp³-hybridized carbons (Fsp3) is 0.105. The Bertz CT molecular complexity index is 990. The van der Waals surface area contributed by atoms with Crippen molar-refractivity contribution in [3.8, 4) is 5.75 Å². The molecule has 5 heteroatoms. The molecule has 0 aliphatic carbocycles. The smallest absolute Gasteiger partial charge is 0.201 e. The first kappa shape index (κ1) is 15.4. The Morgan fingerprint density at radius 1 is 1.12 bits per heavy atom. The van der Waals surface area contributed by atoms with E-state index in [1.54, 1.807) is 48.4 Å². The number of fused-ring (bicyclic) bond motifs is 2. The van der Waals surface area contributed by atoms with Gasteiger partial charge in [0.1, 0.15) is 11.3 Å². The number of para-hydroxylation sites is 1. The first-order valence-electron chi connectivity index (χ1n) is 7.52. The molecule has 0 bridgehead atoms. The van der Waals surface area contributed by atoms with Crippen LogP contribution in [0.3, 0.4) is 0 Å². The number of hydrogen-bond acceptors (Lipinski definition) is 4. The first-order valence-corrected chi connectivity index (χ1v) is 8.89. The van der Waals surface area contributed by atoms with E-state index < -0.39 is 0 Å². The van der Waals surface area contributed by atoms with Gasteiger partial charge in [0.2, 0.25) is 5.43 Å². The Labute approximate surface area is 147 Å². The predicted octanol–water partition coefficient (Wildman–Crippen LogP) is 5.36. The zero-order valence-electron chi connectivity index (χ0n) is 12.6. The minimum Gasteiger partial charge on any atom is -0.465 e. The summed E-state index contributed by atoms with van der Waals surface area (Å²) in [4.78, 5) is 12.9. The number of halogens is 1. The highest BCUT2D eigenvalue weighted by atomic mass is 35.5. The van der Waals surface area contributed by atoms with E-state index in [0.29, 0.717) is 32.4 Å². The number of allylic oxidation sites excluding steroid dienone is 1. The number of thioether (sulfide) groups is 1. The van der Waals surface area contributed by atoms with Crippen LogP contribution in [0.2, 0.25) is 5.02 Å². The van der Waals surface area contributed by atoms with E-state index in [0.717, 1.165) is 17.7 Å². The van der Waals surface area contributed by atoms with Crippen molar-refractivity contribution in [2.45, 2.75) is 11.5 Å². The van der Waals surface area contributed by atoms with Crippen LogP contribution in [0, 0.1) is 0 Å². The van der Waals surface area contributed by atoms with Gasteiger partial charge in [0, 0.05) is 16.3 Å². The van der Waals surface area contributed by atoms with Crippen molar-refractivity contribution in [1.82, 2.24) is 0 Å². The fourth-order valence-corrected chi connectivity index (χ4v) is 3.80. The van der Waals surface area contributed by atoms with Crippen LogP contribution in [0.25, 0.3) is 16.5 Å². The summed E-state index contributed by atoms with van der Waals surface area (Å²) in [7, 11) is 0. The van der Waals surface area contributed by atoms with Gasteiger partial charge in [0.05, 0.1) is 17.2 Å². The molecule has 3 nitrogen and oxygen atoms in total. The summed E-state index contributed by atoms with van der Waals surface area (Å²) in [5.74, 6) is 1.53. The van der Waals surface area contributed by atoms with E-state index in [2.05, 4.69) is 0 Å². The van der Waals surface area contributed by atoms with Crippen molar-refractivity contribution >= 4 is 39.9 Å². The molecule has 1 aliphatic heterocycles. The van der Waals surface area contributed by atoms with Gasteiger partial charge in [0.25, 0.3) is 0 Å². The van der Waals surface area contributed by atoms with Gasteiger partial charge in [-0.15, -0.1) is 0 Å². The van der Waals surface area contributed by atoms with Crippen molar-refractivity contribution in [2.24, 2.45) is 0 Å². The summed E-state index contributed by atoms with van der Waals surface area (Å²) >= 11 is 7.44. The molecule has 1 aromatic heterocycles. The summed E-state index contributed by atoms with van der Waals surface area (Å²) in [5, 5.41) is 1.91. The maximum Gasteiger partial charge on any atom is 0.201 e. The second kappa shape index (κ2) is 6.38. The topological polar surface area (TPSA) is 39.4 Å². The zero-order valence-corrected chi connectivity index (χ0v) is 14.2. The molecule has 0 saturated carbocycles. The second-order valence-electron chi connectivity index (χ2n) is 5.40. The second-order valence-corrected chi connectivity index (χ2v) is 6.91. The van der Waals surface area contributed by atoms with E-state index in [4.69, 9.17) is 20.8 Å². The van der Waals surface area contributed by atoms with Crippen LogP contribution in [0.15, 0.2) is 69.1 Å². The number of benzene rings is 2. The van der Waals surface area contributed by atoms with E-state index in [1.807, 2.05) is 18.2 Å². The molecule has 0 fully saturated rings. The molecule has 0 spiro atoms. The zero-order chi connectivity index (χ0) is 16.5. The minimum absolute atomic E-state index is 0.00925. The van der Waals surface area contributed by atoms with Crippen LogP contribution in [0.1, 0.15) is 12.0 Å². The molecule has 2 heterocycles. The van der Waals surface area contributed by atoms with Gasteiger partial charge in [-0.2, -0.15) is 0 Å². The average Bonchev–Trinajstić information content (AvgIpc) is 2.61. The lowest BCUT2D eigenvalue weighted by Crippen LogP contribution is -2.14. The highest BCUT2D eigenvalue weighted by Crippen LogP contribution is 2.36. The molecule has 120 valence electrons. The molecule has 0 N–H and O–H groups in total. The van der Waals surface area contributed by atoms with E-state index >= 15 is 0 Å². The van der Waals surface area contributed by atoms with Crippen LogP contribution >= 0.6 is 23.4 Å². The van der Waals surface area contributed by atoms with Gasteiger partial charge in [-0.05, 0) is 42.8 Å².